The van der Waals surface area contributed by atoms with Gasteiger partial charge in [-0.2, -0.15) is 0 Å². The molecule has 7 heteroatoms. The quantitative estimate of drug-likeness (QED) is 0.836. The summed E-state index contributed by atoms with van der Waals surface area (Å²) in [6, 6.07) is 4.03. The number of aromatic nitrogens is 1. The fourth-order valence-corrected chi connectivity index (χ4v) is 4.54. The summed E-state index contributed by atoms with van der Waals surface area (Å²) >= 11 is 0. The number of nitrogens with zero attached hydrogens (tertiary/aromatic N) is 2. The largest absolute Gasteiger partial charge is 0.357 e. The maximum absolute atomic E-state index is 12.9. The van der Waals surface area contributed by atoms with Crippen molar-refractivity contribution >= 4 is 42.2 Å². The van der Waals surface area contributed by atoms with E-state index < -0.39 is 0 Å². The minimum atomic E-state index is -0.203. The molecule has 1 aliphatic carbocycles. The van der Waals surface area contributed by atoms with Crippen LogP contribution in [-0.4, -0.2) is 37.1 Å². The molecular weight excluding hydrogens is 359 g/mol. The molecular formula is C18H28Cl2N4O. The molecule has 3 fully saturated rings. The van der Waals surface area contributed by atoms with Crippen LogP contribution in [0.5, 0.6) is 0 Å². The molecule has 1 aromatic rings. The van der Waals surface area contributed by atoms with Gasteiger partial charge in [0, 0.05) is 19.6 Å². The van der Waals surface area contributed by atoms with Gasteiger partial charge in [0.15, 0.2) is 0 Å². The van der Waals surface area contributed by atoms with Crippen LogP contribution in [0, 0.1) is 11.3 Å². The molecule has 3 heterocycles. The number of rotatable bonds is 3. The summed E-state index contributed by atoms with van der Waals surface area (Å²) in [6.45, 7) is 3.99. The number of amides is 1. The van der Waals surface area contributed by atoms with Crippen LogP contribution < -0.4 is 15.5 Å². The van der Waals surface area contributed by atoms with Crippen molar-refractivity contribution in [2.75, 3.05) is 36.4 Å². The van der Waals surface area contributed by atoms with Gasteiger partial charge in [0.1, 0.15) is 5.82 Å². The minimum absolute atomic E-state index is 0. The van der Waals surface area contributed by atoms with Crippen molar-refractivity contribution < 1.29 is 4.79 Å². The van der Waals surface area contributed by atoms with Crippen LogP contribution in [-0.2, 0) is 4.79 Å². The van der Waals surface area contributed by atoms with Gasteiger partial charge in [-0.15, -0.1) is 24.8 Å². The fraction of sp³-hybridized carbons (Fsp3) is 0.667. The zero-order chi connectivity index (χ0) is 15.7. The van der Waals surface area contributed by atoms with Crippen molar-refractivity contribution in [1.29, 1.82) is 0 Å². The maximum Gasteiger partial charge on any atom is 0.232 e. The summed E-state index contributed by atoms with van der Waals surface area (Å²) in [5.74, 6) is 1.70. The SMILES string of the molecule is Cl.Cl.O=C(Nc1ccc(N2CCCC2)nc1)[C@@]12CCCC[C@H]1CNC2. The Kier molecular flexibility index (Phi) is 6.94. The van der Waals surface area contributed by atoms with E-state index in [9.17, 15) is 4.79 Å². The molecule has 1 amide bonds. The smallest absolute Gasteiger partial charge is 0.232 e. The average molecular weight is 387 g/mol. The summed E-state index contributed by atoms with van der Waals surface area (Å²) in [4.78, 5) is 19.8. The third-order valence-electron chi connectivity index (χ3n) is 5.93. The number of halogens is 2. The average Bonchev–Trinajstić information content (AvgIpc) is 3.25. The monoisotopic (exact) mass is 386 g/mol. The molecule has 0 aromatic carbocycles. The second kappa shape index (κ2) is 8.56. The lowest BCUT2D eigenvalue weighted by atomic mass is 9.67. The van der Waals surface area contributed by atoms with Gasteiger partial charge in [0.05, 0.1) is 17.3 Å². The molecule has 4 rings (SSSR count). The molecule has 2 atom stereocenters. The van der Waals surface area contributed by atoms with Crippen LogP contribution in [0.15, 0.2) is 18.3 Å². The van der Waals surface area contributed by atoms with Crippen LogP contribution in [0.4, 0.5) is 11.5 Å². The number of hydrogen-bond donors (Lipinski definition) is 2. The molecule has 2 saturated heterocycles. The van der Waals surface area contributed by atoms with Gasteiger partial charge in [0.25, 0.3) is 0 Å². The predicted molar refractivity (Wildman–Crippen MR) is 106 cm³/mol. The molecule has 2 N–H and O–H groups in total. The first-order valence-corrected chi connectivity index (χ1v) is 9.01. The van der Waals surface area contributed by atoms with Gasteiger partial charge >= 0.3 is 0 Å². The third-order valence-corrected chi connectivity index (χ3v) is 5.93. The molecule has 0 bridgehead atoms. The molecule has 0 radical (unpaired) electrons. The van der Waals surface area contributed by atoms with E-state index in [1.165, 1.54) is 25.7 Å². The molecule has 5 nitrogen and oxygen atoms in total. The van der Waals surface area contributed by atoms with Gasteiger partial charge in [-0.1, -0.05) is 12.8 Å². The highest BCUT2D eigenvalue weighted by Crippen LogP contribution is 2.44. The van der Waals surface area contributed by atoms with Crippen LogP contribution in [0.1, 0.15) is 38.5 Å². The number of pyridine rings is 1. The van der Waals surface area contributed by atoms with E-state index in [0.29, 0.717) is 5.92 Å². The lowest BCUT2D eigenvalue weighted by molar-refractivity contribution is -0.128. The van der Waals surface area contributed by atoms with E-state index in [-0.39, 0.29) is 36.1 Å². The Morgan fingerprint density at radius 3 is 2.72 bits per heavy atom. The van der Waals surface area contributed by atoms with E-state index in [0.717, 1.165) is 50.5 Å². The number of carbonyl (C=O) groups excluding carboxylic acids is 1. The Morgan fingerprint density at radius 2 is 2.00 bits per heavy atom. The summed E-state index contributed by atoms with van der Waals surface area (Å²) in [5, 5.41) is 6.57. The Morgan fingerprint density at radius 1 is 1.20 bits per heavy atom. The Bertz CT molecular complexity index is 577. The van der Waals surface area contributed by atoms with E-state index in [1.54, 1.807) is 0 Å². The standard InChI is InChI=1S/C18H26N4O.2ClH/c23-17(18-8-2-1-5-14(18)11-19-13-18)21-15-6-7-16(20-12-15)22-9-3-4-10-22;;/h6-7,12,14,19H,1-5,8-11,13H2,(H,21,23);2*1H/t14-,18+;;/m0../s1. The van der Waals surface area contributed by atoms with Crippen molar-refractivity contribution in [2.45, 2.75) is 38.5 Å². The third kappa shape index (κ3) is 3.88. The van der Waals surface area contributed by atoms with Gasteiger partial charge in [-0.3, -0.25) is 4.79 Å². The molecule has 3 aliphatic rings. The van der Waals surface area contributed by atoms with Crippen LogP contribution in [0.2, 0.25) is 0 Å². The highest BCUT2D eigenvalue weighted by molar-refractivity contribution is 5.96. The molecule has 0 spiro atoms. The van der Waals surface area contributed by atoms with E-state index >= 15 is 0 Å². The molecule has 140 valence electrons. The lowest BCUT2D eigenvalue weighted by Gasteiger charge is -2.37. The number of anilines is 2. The number of fused-ring (bicyclic) bond motifs is 1. The van der Waals surface area contributed by atoms with Crippen molar-refractivity contribution in [3.05, 3.63) is 18.3 Å². The number of carbonyl (C=O) groups is 1. The first-order valence-electron chi connectivity index (χ1n) is 9.01. The van der Waals surface area contributed by atoms with Gasteiger partial charge in [0.2, 0.25) is 5.91 Å². The Hall–Kier alpha value is -1.04. The van der Waals surface area contributed by atoms with E-state index in [2.05, 4.69) is 20.5 Å². The van der Waals surface area contributed by atoms with Crippen LogP contribution in [0.3, 0.4) is 0 Å². The zero-order valence-electron chi connectivity index (χ0n) is 14.5. The summed E-state index contributed by atoms with van der Waals surface area (Å²) in [6.07, 6.45) is 8.91. The molecule has 1 aromatic heterocycles. The maximum atomic E-state index is 12.9. The first-order chi connectivity index (χ1) is 11.3. The van der Waals surface area contributed by atoms with Crippen molar-refractivity contribution in [3.8, 4) is 0 Å². The summed E-state index contributed by atoms with van der Waals surface area (Å²) < 4.78 is 0. The topological polar surface area (TPSA) is 57.3 Å². The highest BCUT2D eigenvalue weighted by Gasteiger charge is 2.49. The van der Waals surface area contributed by atoms with Crippen molar-refractivity contribution in [1.82, 2.24) is 10.3 Å². The Labute approximate surface area is 162 Å². The summed E-state index contributed by atoms with van der Waals surface area (Å²) in [5.41, 5.74) is 0.620. The second-order valence-electron chi connectivity index (χ2n) is 7.28. The number of nitrogens with one attached hydrogen (secondary N) is 2. The number of hydrogen-bond acceptors (Lipinski definition) is 4. The fourth-order valence-electron chi connectivity index (χ4n) is 4.54. The van der Waals surface area contributed by atoms with E-state index in [1.807, 2.05) is 18.3 Å². The van der Waals surface area contributed by atoms with Gasteiger partial charge < -0.3 is 15.5 Å². The second-order valence-corrected chi connectivity index (χ2v) is 7.28. The van der Waals surface area contributed by atoms with E-state index in [4.69, 9.17) is 0 Å². The minimum Gasteiger partial charge on any atom is -0.357 e. The lowest BCUT2D eigenvalue weighted by Crippen LogP contribution is -2.44. The molecule has 1 saturated carbocycles. The highest BCUT2D eigenvalue weighted by atomic mass is 35.5. The van der Waals surface area contributed by atoms with Crippen molar-refractivity contribution in [2.24, 2.45) is 11.3 Å². The summed E-state index contributed by atoms with van der Waals surface area (Å²) in [7, 11) is 0. The van der Waals surface area contributed by atoms with Crippen LogP contribution in [0.25, 0.3) is 0 Å². The molecule has 0 unspecified atom stereocenters. The van der Waals surface area contributed by atoms with Crippen molar-refractivity contribution in [3.63, 3.8) is 0 Å². The molecule has 2 aliphatic heterocycles. The zero-order valence-corrected chi connectivity index (χ0v) is 16.1. The van der Waals surface area contributed by atoms with Crippen LogP contribution >= 0.6 is 24.8 Å². The molecule has 25 heavy (non-hydrogen) atoms. The van der Waals surface area contributed by atoms with Gasteiger partial charge in [-0.25, -0.2) is 4.98 Å². The predicted octanol–water partition coefficient (Wildman–Crippen LogP) is 3.24. The normalized spacial score (nSPS) is 27.8. The Balaban J connectivity index is 0.00000113. The first kappa shape index (κ1) is 20.3. The van der Waals surface area contributed by atoms with Gasteiger partial charge in [-0.05, 0) is 50.3 Å².